The monoisotopic (exact) mass is 215 g/mol. The van der Waals surface area contributed by atoms with Gasteiger partial charge in [0, 0.05) is 6.04 Å². The van der Waals surface area contributed by atoms with Gasteiger partial charge in [-0.1, -0.05) is 38.3 Å². The molecule has 0 bridgehead atoms. The Labute approximate surface area is 92.9 Å². The van der Waals surface area contributed by atoms with Crippen molar-refractivity contribution in [1.82, 2.24) is 5.32 Å². The van der Waals surface area contributed by atoms with Crippen LogP contribution in [0, 0.1) is 0 Å². The quantitative estimate of drug-likeness (QED) is 0.191. The minimum atomic E-state index is -0.00775. The van der Waals surface area contributed by atoms with Crippen LogP contribution in [0.5, 0.6) is 0 Å². The van der Waals surface area contributed by atoms with Crippen LogP contribution in [0.1, 0.15) is 52.9 Å². The molecule has 90 valence electrons. The lowest BCUT2D eigenvalue weighted by molar-refractivity contribution is 0.312. The third-order valence-electron chi connectivity index (χ3n) is 2.61. The molecular formula is C11H25N3O. The van der Waals surface area contributed by atoms with Crippen molar-refractivity contribution in [3.63, 3.8) is 0 Å². The first-order valence-corrected chi connectivity index (χ1v) is 5.89. The van der Waals surface area contributed by atoms with Crippen molar-refractivity contribution in [3.05, 3.63) is 0 Å². The fourth-order valence-electron chi connectivity index (χ4n) is 1.61. The molecule has 0 saturated carbocycles. The summed E-state index contributed by atoms with van der Waals surface area (Å²) in [4.78, 5) is 0. The number of unbranched alkanes of at least 4 members (excludes halogenated alkanes) is 2. The molecule has 0 heterocycles. The molecule has 2 atom stereocenters. The lowest BCUT2D eigenvalue weighted by atomic mass is 10.1. The number of hydrogen-bond donors (Lipinski definition) is 3. The molecule has 0 aromatic heterocycles. The number of nitrogens with two attached hydrogens (primary N) is 1. The molecule has 0 aliphatic carbocycles. The first-order chi connectivity index (χ1) is 7.15. The van der Waals surface area contributed by atoms with Crippen LogP contribution in [0.3, 0.4) is 0 Å². The summed E-state index contributed by atoms with van der Waals surface area (Å²) in [5, 5.41) is 15.0. The van der Waals surface area contributed by atoms with Gasteiger partial charge in [-0.15, -0.1) is 0 Å². The maximum atomic E-state index is 8.59. The van der Waals surface area contributed by atoms with Crippen LogP contribution < -0.4 is 11.1 Å². The topological polar surface area (TPSA) is 70.6 Å². The minimum Gasteiger partial charge on any atom is -0.409 e. The molecule has 0 aromatic carbocycles. The molecule has 0 aliphatic rings. The summed E-state index contributed by atoms with van der Waals surface area (Å²) in [7, 11) is 0. The van der Waals surface area contributed by atoms with Gasteiger partial charge in [0.15, 0.2) is 5.84 Å². The van der Waals surface area contributed by atoms with Crippen molar-refractivity contribution in [2.24, 2.45) is 10.9 Å². The second-order valence-electron chi connectivity index (χ2n) is 4.05. The average Bonchev–Trinajstić information content (AvgIpc) is 2.25. The number of oxime groups is 1. The number of rotatable bonds is 8. The normalized spacial score (nSPS) is 16.3. The molecule has 4 nitrogen and oxygen atoms in total. The fourth-order valence-corrected chi connectivity index (χ4v) is 1.61. The van der Waals surface area contributed by atoms with Crippen LogP contribution in [-0.4, -0.2) is 23.1 Å². The first kappa shape index (κ1) is 14.2. The summed E-state index contributed by atoms with van der Waals surface area (Å²) in [6.45, 7) is 6.36. The second kappa shape index (κ2) is 8.53. The molecule has 4 heteroatoms. The Kier molecular flexibility index (Phi) is 8.09. The van der Waals surface area contributed by atoms with Crippen LogP contribution in [0.15, 0.2) is 5.16 Å². The van der Waals surface area contributed by atoms with Gasteiger partial charge in [-0.2, -0.15) is 0 Å². The van der Waals surface area contributed by atoms with Gasteiger partial charge < -0.3 is 16.3 Å². The number of nitrogens with one attached hydrogen (secondary N) is 1. The smallest absolute Gasteiger partial charge is 0.156 e. The van der Waals surface area contributed by atoms with Crippen LogP contribution in [0.2, 0.25) is 0 Å². The Morgan fingerprint density at radius 2 is 2.07 bits per heavy atom. The van der Waals surface area contributed by atoms with Crippen LogP contribution >= 0.6 is 0 Å². The van der Waals surface area contributed by atoms with Gasteiger partial charge in [0.2, 0.25) is 0 Å². The van der Waals surface area contributed by atoms with E-state index in [2.05, 4.69) is 24.3 Å². The van der Waals surface area contributed by atoms with Gasteiger partial charge in [-0.25, -0.2) is 0 Å². The largest absolute Gasteiger partial charge is 0.409 e. The highest BCUT2D eigenvalue weighted by Gasteiger charge is 2.13. The van der Waals surface area contributed by atoms with Gasteiger partial charge in [0.1, 0.15) is 0 Å². The maximum absolute atomic E-state index is 8.59. The van der Waals surface area contributed by atoms with Gasteiger partial charge in [-0.05, 0) is 19.8 Å². The first-order valence-electron chi connectivity index (χ1n) is 5.89. The third kappa shape index (κ3) is 6.33. The second-order valence-corrected chi connectivity index (χ2v) is 4.05. The molecule has 0 saturated heterocycles. The van der Waals surface area contributed by atoms with E-state index in [9.17, 15) is 0 Å². The average molecular weight is 215 g/mol. The molecule has 0 amide bonds. The lowest BCUT2D eigenvalue weighted by Gasteiger charge is -2.21. The van der Waals surface area contributed by atoms with Crippen molar-refractivity contribution in [1.29, 1.82) is 0 Å². The van der Waals surface area contributed by atoms with E-state index in [0.29, 0.717) is 6.04 Å². The Balaban J connectivity index is 3.85. The van der Waals surface area contributed by atoms with Crippen molar-refractivity contribution >= 4 is 5.84 Å². The molecule has 0 rings (SSSR count). The summed E-state index contributed by atoms with van der Waals surface area (Å²) in [6, 6.07) is 0.411. The van der Waals surface area contributed by atoms with E-state index in [1.807, 2.05) is 6.92 Å². The third-order valence-corrected chi connectivity index (χ3v) is 2.61. The highest BCUT2D eigenvalue weighted by atomic mass is 16.4. The summed E-state index contributed by atoms with van der Waals surface area (Å²) in [5.41, 5.74) is 5.57. The molecule has 0 radical (unpaired) electrons. The van der Waals surface area contributed by atoms with Crippen molar-refractivity contribution in [3.8, 4) is 0 Å². The zero-order valence-electron chi connectivity index (χ0n) is 10.2. The number of hydrogen-bond acceptors (Lipinski definition) is 3. The van der Waals surface area contributed by atoms with Crippen molar-refractivity contribution < 1.29 is 5.21 Å². The predicted octanol–water partition coefficient (Wildman–Crippen LogP) is 2.07. The Bertz CT molecular complexity index is 183. The molecule has 0 aliphatic heterocycles. The van der Waals surface area contributed by atoms with Crippen LogP contribution in [0.4, 0.5) is 0 Å². The van der Waals surface area contributed by atoms with E-state index in [1.165, 1.54) is 19.3 Å². The molecule has 0 aromatic rings. The summed E-state index contributed by atoms with van der Waals surface area (Å²) >= 11 is 0. The Morgan fingerprint density at radius 1 is 1.40 bits per heavy atom. The Morgan fingerprint density at radius 3 is 2.53 bits per heavy atom. The van der Waals surface area contributed by atoms with E-state index in [0.717, 1.165) is 12.8 Å². The number of amidine groups is 1. The SMILES string of the molecule is CCCCCC(C)NC(CC)C(N)=NO. The van der Waals surface area contributed by atoms with E-state index >= 15 is 0 Å². The predicted molar refractivity (Wildman–Crippen MR) is 64.2 cm³/mol. The van der Waals surface area contributed by atoms with Crippen LogP contribution in [0.25, 0.3) is 0 Å². The standard InChI is InChI=1S/C11H25N3O/c1-4-6-7-8-9(3)13-10(5-2)11(12)14-15/h9-10,13,15H,4-8H2,1-3H3,(H2,12,14). The highest BCUT2D eigenvalue weighted by molar-refractivity contribution is 5.85. The van der Waals surface area contributed by atoms with E-state index in [-0.39, 0.29) is 11.9 Å². The fraction of sp³-hybridized carbons (Fsp3) is 0.909. The zero-order chi connectivity index (χ0) is 11.7. The highest BCUT2D eigenvalue weighted by Crippen LogP contribution is 2.04. The number of nitrogens with zero attached hydrogens (tertiary/aromatic N) is 1. The Hall–Kier alpha value is -0.770. The van der Waals surface area contributed by atoms with Gasteiger partial charge in [0.05, 0.1) is 6.04 Å². The molecule has 2 unspecified atom stereocenters. The van der Waals surface area contributed by atoms with Crippen molar-refractivity contribution in [2.45, 2.75) is 65.0 Å². The molecule has 15 heavy (non-hydrogen) atoms. The van der Waals surface area contributed by atoms with Crippen molar-refractivity contribution in [2.75, 3.05) is 0 Å². The van der Waals surface area contributed by atoms with Gasteiger partial charge >= 0.3 is 0 Å². The van der Waals surface area contributed by atoms with Gasteiger partial charge in [-0.3, -0.25) is 0 Å². The molecule has 4 N–H and O–H groups in total. The van der Waals surface area contributed by atoms with Gasteiger partial charge in [0.25, 0.3) is 0 Å². The molecular weight excluding hydrogens is 190 g/mol. The lowest BCUT2D eigenvalue weighted by Crippen LogP contribution is -2.45. The van der Waals surface area contributed by atoms with E-state index < -0.39 is 0 Å². The van der Waals surface area contributed by atoms with E-state index in [1.54, 1.807) is 0 Å². The molecule has 0 fully saturated rings. The summed E-state index contributed by atoms with van der Waals surface area (Å²) < 4.78 is 0. The van der Waals surface area contributed by atoms with E-state index in [4.69, 9.17) is 10.9 Å². The van der Waals surface area contributed by atoms with Crippen LogP contribution in [-0.2, 0) is 0 Å². The maximum Gasteiger partial charge on any atom is 0.156 e. The summed E-state index contributed by atoms with van der Waals surface area (Å²) in [5.74, 6) is 0.278. The molecule has 0 spiro atoms. The minimum absolute atomic E-state index is 0.00775. The summed E-state index contributed by atoms with van der Waals surface area (Å²) in [6.07, 6.45) is 5.73. The zero-order valence-corrected chi connectivity index (χ0v) is 10.2.